The van der Waals surface area contributed by atoms with E-state index in [1.165, 1.54) is 18.2 Å². The number of hydrogen-bond acceptors (Lipinski definition) is 3. The third-order valence-corrected chi connectivity index (χ3v) is 2.21. The van der Waals surface area contributed by atoms with Crippen LogP contribution in [0, 0.1) is 5.82 Å². The summed E-state index contributed by atoms with van der Waals surface area (Å²) in [5.41, 5.74) is -0.579. The second kappa shape index (κ2) is 4.96. The lowest BCUT2D eigenvalue weighted by Crippen LogP contribution is -2.28. The molecule has 0 atom stereocenters. The van der Waals surface area contributed by atoms with E-state index in [1.807, 2.05) is 6.92 Å². The molecule has 3 nitrogen and oxygen atoms in total. The summed E-state index contributed by atoms with van der Waals surface area (Å²) in [5, 5.41) is 0. The van der Waals surface area contributed by atoms with Crippen molar-refractivity contribution in [2.24, 2.45) is 0 Å². The van der Waals surface area contributed by atoms with Gasteiger partial charge >= 0.3 is 6.16 Å². The standard InChI is InChI=1S/C12H15FO3/c1-4-12(2,3)16-11(14)15-10-7-5-6-9(13)8-10/h5-8H,4H2,1-3H3. The number of ether oxygens (including phenoxy) is 2. The molecule has 0 heterocycles. The van der Waals surface area contributed by atoms with Crippen molar-refractivity contribution < 1.29 is 18.7 Å². The Labute approximate surface area is 94.2 Å². The van der Waals surface area contributed by atoms with Gasteiger partial charge in [-0.25, -0.2) is 9.18 Å². The average molecular weight is 226 g/mol. The fourth-order valence-electron chi connectivity index (χ4n) is 0.945. The molecule has 0 amide bonds. The SMILES string of the molecule is CCC(C)(C)OC(=O)Oc1cccc(F)c1. The number of benzene rings is 1. The normalized spacial score (nSPS) is 11.0. The van der Waals surface area contributed by atoms with Crippen LogP contribution in [0.4, 0.5) is 9.18 Å². The maximum Gasteiger partial charge on any atom is 0.514 e. The summed E-state index contributed by atoms with van der Waals surface area (Å²) < 4.78 is 22.7. The Morgan fingerprint density at radius 2 is 2.12 bits per heavy atom. The lowest BCUT2D eigenvalue weighted by atomic mass is 10.1. The van der Waals surface area contributed by atoms with E-state index in [0.717, 1.165) is 6.07 Å². The molecular formula is C12H15FO3. The summed E-state index contributed by atoms with van der Waals surface area (Å²) in [7, 11) is 0. The molecule has 0 aliphatic heterocycles. The van der Waals surface area contributed by atoms with Crippen LogP contribution in [0.1, 0.15) is 27.2 Å². The molecule has 1 aromatic rings. The highest BCUT2D eigenvalue weighted by Crippen LogP contribution is 2.17. The van der Waals surface area contributed by atoms with Gasteiger partial charge in [-0.2, -0.15) is 0 Å². The highest BCUT2D eigenvalue weighted by Gasteiger charge is 2.21. The second-order valence-electron chi connectivity index (χ2n) is 4.02. The zero-order valence-electron chi connectivity index (χ0n) is 9.62. The zero-order chi connectivity index (χ0) is 12.2. The molecule has 1 aromatic carbocycles. The Balaban J connectivity index is 2.59. The molecule has 0 spiro atoms. The summed E-state index contributed by atoms with van der Waals surface area (Å²) in [6.07, 6.45) is -0.150. The molecule has 0 aliphatic rings. The van der Waals surface area contributed by atoms with Crippen molar-refractivity contribution in [3.8, 4) is 5.75 Å². The lowest BCUT2D eigenvalue weighted by molar-refractivity contribution is 0.00703. The van der Waals surface area contributed by atoms with Gasteiger partial charge in [-0.15, -0.1) is 0 Å². The molecule has 0 radical (unpaired) electrons. The molecule has 16 heavy (non-hydrogen) atoms. The third-order valence-electron chi connectivity index (χ3n) is 2.21. The number of hydrogen-bond donors (Lipinski definition) is 0. The highest BCUT2D eigenvalue weighted by atomic mass is 19.1. The quantitative estimate of drug-likeness (QED) is 0.584. The van der Waals surface area contributed by atoms with Crippen LogP contribution in [-0.4, -0.2) is 11.8 Å². The molecule has 1 rings (SSSR count). The van der Waals surface area contributed by atoms with E-state index in [9.17, 15) is 9.18 Å². The number of carbonyl (C=O) groups excluding carboxylic acids is 1. The van der Waals surface area contributed by atoms with Crippen molar-refractivity contribution in [3.63, 3.8) is 0 Å². The molecule has 0 saturated carbocycles. The van der Waals surface area contributed by atoms with Crippen LogP contribution in [0.2, 0.25) is 0 Å². The molecule has 0 unspecified atom stereocenters. The van der Waals surface area contributed by atoms with Crippen molar-refractivity contribution in [2.75, 3.05) is 0 Å². The van der Waals surface area contributed by atoms with Crippen molar-refractivity contribution >= 4 is 6.16 Å². The van der Waals surface area contributed by atoms with Gasteiger partial charge in [0.15, 0.2) is 0 Å². The first kappa shape index (κ1) is 12.5. The van der Waals surface area contributed by atoms with Crippen molar-refractivity contribution in [1.29, 1.82) is 0 Å². The first-order chi connectivity index (χ1) is 7.43. The molecule has 88 valence electrons. The van der Waals surface area contributed by atoms with Crippen LogP contribution in [0.5, 0.6) is 5.75 Å². The maximum absolute atomic E-state index is 12.8. The lowest BCUT2D eigenvalue weighted by Gasteiger charge is -2.22. The highest BCUT2D eigenvalue weighted by molar-refractivity contribution is 5.64. The largest absolute Gasteiger partial charge is 0.514 e. The van der Waals surface area contributed by atoms with Crippen LogP contribution >= 0.6 is 0 Å². The summed E-state index contributed by atoms with van der Waals surface area (Å²) in [5.74, 6) is -0.322. The van der Waals surface area contributed by atoms with Crippen LogP contribution in [0.25, 0.3) is 0 Å². The van der Waals surface area contributed by atoms with E-state index < -0.39 is 17.6 Å². The minimum Gasteiger partial charge on any atom is -0.428 e. The summed E-state index contributed by atoms with van der Waals surface area (Å²) in [6, 6.07) is 5.35. The van der Waals surface area contributed by atoms with Gasteiger partial charge in [-0.1, -0.05) is 13.0 Å². The van der Waals surface area contributed by atoms with Gasteiger partial charge in [0.25, 0.3) is 0 Å². The van der Waals surface area contributed by atoms with Crippen LogP contribution in [0.15, 0.2) is 24.3 Å². The molecule has 4 heteroatoms. The zero-order valence-corrected chi connectivity index (χ0v) is 9.62. The monoisotopic (exact) mass is 226 g/mol. The Hall–Kier alpha value is -1.58. The van der Waals surface area contributed by atoms with Crippen LogP contribution in [-0.2, 0) is 4.74 Å². The first-order valence-corrected chi connectivity index (χ1v) is 5.09. The fraction of sp³-hybridized carbons (Fsp3) is 0.417. The summed E-state index contributed by atoms with van der Waals surface area (Å²) in [6.45, 7) is 5.45. The first-order valence-electron chi connectivity index (χ1n) is 5.09. The van der Waals surface area contributed by atoms with Gasteiger partial charge in [0.2, 0.25) is 0 Å². The van der Waals surface area contributed by atoms with Crippen LogP contribution < -0.4 is 4.74 Å². The molecule has 0 N–H and O–H groups in total. The maximum atomic E-state index is 12.8. The van der Waals surface area contributed by atoms with E-state index in [4.69, 9.17) is 9.47 Å². The number of halogens is 1. The van der Waals surface area contributed by atoms with Crippen LogP contribution in [0.3, 0.4) is 0 Å². The average Bonchev–Trinajstić information content (AvgIpc) is 2.16. The molecule has 0 aliphatic carbocycles. The van der Waals surface area contributed by atoms with Gasteiger partial charge < -0.3 is 9.47 Å². The molecule has 0 saturated heterocycles. The Morgan fingerprint density at radius 3 is 2.69 bits per heavy atom. The van der Waals surface area contributed by atoms with Crippen molar-refractivity contribution in [1.82, 2.24) is 0 Å². The summed E-state index contributed by atoms with van der Waals surface area (Å²) >= 11 is 0. The van der Waals surface area contributed by atoms with E-state index in [1.54, 1.807) is 13.8 Å². The molecule has 0 bridgehead atoms. The smallest absolute Gasteiger partial charge is 0.428 e. The van der Waals surface area contributed by atoms with Crippen molar-refractivity contribution in [2.45, 2.75) is 32.8 Å². The fourth-order valence-corrected chi connectivity index (χ4v) is 0.945. The van der Waals surface area contributed by atoms with Crippen molar-refractivity contribution in [3.05, 3.63) is 30.1 Å². The Morgan fingerprint density at radius 1 is 1.44 bits per heavy atom. The third kappa shape index (κ3) is 3.88. The van der Waals surface area contributed by atoms with Gasteiger partial charge in [0.1, 0.15) is 17.2 Å². The predicted molar refractivity (Wildman–Crippen MR) is 57.9 cm³/mol. The second-order valence-corrected chi connectivity index (χ2v) is 4.02. The minimum absolute atomic E-state index is 0.136. The molecular weight excluding hydrogens is 211 g/mol. The number of carbonyl (C=O) groups is 1. The molecule has 0 aromatic heterocycles. The van der Waals surface area contributed by atoms with E-state index in [-0.39, 0.29) is 5.75 Å². The minimum atomic E-state index is -0.822. The van der Waals surface area contributed by atoms with E-state index >= 15 is 0 Å². The Bertz CT molecular complexity index is 374. The topological polar surface area (TPSA) is 35.5 Å². The predicted octanol–water partition coefficient (Wildman–Crippen LogP) is 3.53. The summed E-state index contributed by atoms with van der Waals surface area (Å²) in [4.78, 5) is 11.3. The van der Waals surface area contributed by atoms with E-state index in [0.29, 0.717) is 6.42 Å². The van der Waals surface area contributed by atoms with Gasteiger partial charge in [-0.05, 0) is 32.4 Å². The molecule has 0 fully saturated rings. The van der Waals surface area contributed by atoms with Gasteiger partial charge in [0.05, 0.1) is 0 Å². The van der Waals surface area contributed by atoms with E-state index in [2.05, 4.69) is 0 Å². The van der Waals surface area contributed by atoms with Gasteiger partial charge in [0, 0.05) is 6.07 Å². The van der Waals surface area contributed by atoms with Gasteiger partial charge in [-0.3, -0.25) is 0 Å². The number of rotatable bonds is 3. The Kier molecular flexibility index (Phi) is 3.88.